The largest absolute Gasteiger partial charge is 0.378 e. The summed E-state index contributed by atoms with van der Waals surface area (Å²) in [6.45, 7) is 5.17. The molecule has 0 aliphatic carbocycles. The van der Waals surface area contributed by atoms with Crippen LogP contribution < -0.4 is 4.90 Å². The first-order valence-electron chi connectivity index (χ1n) is 8.92. The molecule has 134 valence electrons. The third-order valence-electron chi connectivity index (χ3n) is 4.86. The van der Waals surface area contributed by atoms with Crippen LogP contribution in [-0.2, 0) is 6.42 Å². The third kappa shape index (κ3) is 4.49. The lowest BCUT2D eigenvalue weighted by Crippen LogP contribution is -2.51. The Hall–Kier alpha value is -2.13. The minimum absolute atomic E-state index is 0.170. The van der Waals surface area contributed by atoms with Crippen molar-refractivity contribution in [2.75, 3.05) is 39.6 Å². The summed E-state index contributed by atoms with van der Waals surface area (Å²) in [7, 11) is 8.41. The van der Waals surface area contributed by atoms with Crippen molar-refractivity contribution in [1.29, 1.82) is 0 Å². The van der Waals surface area contributed by atoms with Crippen molar-refractivity contribution in [2.45, 2.75) is 25.8 Å². The van der Waals surface area contributed by atoms with Gasteiger partial charge in [-0.2, -0.15) is 0 Å². The molecule has 3 heteroatoms. The van der Waals surface area contributed by atoms with E-state index in [1.807, 2.05) is 0 Å². The Morgan fingerprint density at radius 2 is 1.52 bits per heavy atom. The summed E-state index contributed by atoms with van der Waals surface area (Å²) in [5.41, 5.74) is 4.70. The Morgan fingerprint density at radius 3 is 2.00 bits per heavy atom. The number of hydrogen-bond donors (Lipinski definition) is 0. The minimum atomic E-state index is -0.170. The summed E-state index contributed by atoms with van der Waals surface area (Å²) in [5, 5.41) is 0. The Morgan fingerprint density at radius 1 is 0.920 bits per heavy atom. The smallest absolute Gasteiger partial charge is 0.0642 e. The van der Waals surface area contributed by atoms with Gasteiger partial charge in [0.15, 0.2) is 0 Å². The normalized spacial score (nSPS) is 14.4. The molecule has 0 amide bonds. The monoisotopic (exact) mass is 337 g/mol. The van der Waals surface area contributed by atoms with Crippen LogP contribution >= 0.6 is 0 Å². The van der Waals surface area contributed by atoms with Crippen molar-refractivity contribution in [3.63, 3.8) is 0 Å². The van der Waals surface area contributed by atoms with Gasteiger partial charge in [-0.3, -0.25) is 9.89 Å². The van der Waals surface area contributed by atoms with Crippen LogP contribution in [0.5, 0.6) is 0 Å². The standard InChI is InChI=1S/C22H31N3/c1-7-23-21(19-13-15-20(16-14-19)24(3)4)22(2,25(5)6)17-18-11-9-8-10-12-18/h8-16H,7,17H2,1-6H3/b23-21-. The van der Waals surface area contributed by atoms with E-state index in [2.05, 4.69) is 106 Å². The molecule has 2 aromatic carbocycles. The van der Waals surface area contributed by atoms with Gasteiger partial charge in [0.25, 0.3) is 0 Å². The lowest BCUT2D eigenvalue weighted by molar-refractivity contribution is 0.250. The van der Waals surface area contributed by atoms with Gasteiger partial charge in [-0.25, -0.2) is 0 Å². The van der Waals surface area contributed by atoms with Crippen LogP contribution in [-0.4, -0.2) is 50.9 Å². The molecule has 0 saturated heterocycles. The quantitative estimate of drug-likeness (QED) is 0.708. The molecule has 25 heavy (non-hydrogen) atoms. The fourth-order valence-electron chi connectivity index (χ4n) is 3.10. The summed E-state index contributed by atoms with van der Waals surface area (Å²) in [6.07, 6.45) is 0.926. The zero-order valence-corrected chi connectivity index (χ0v) is 16.5. The van der Waals surface area contributed by atoms with Crippen LogP contribution in [0.15, 0.2) is 59.6 Å². The Balaban J connectivity index is 2.45. The number of likely N-dealkylation sites (N-methyl/N-ethyl adjacent to an activating group) is 1. The van der Waals surface area contributed by atoms with Gasteiger partial charge in [-0.1, -0.05) is 42.5 Å². The van der Waals surface area contributed by atoms with E-state index in [1.54, 1.807) is 0 Å². The van der Waals surface area contributed by atoms with Crippen molar-refractivity contribution in [3.8, 4) is 0 Å². The highest BCUT2D eigenvalue weighted by atomic mass is 15.2. The molecular weight excluding hydrogens is 306 g/mol. The topological polar surface area (TPSA) is 18.8 Å². The maximum absolute atomic E-state index is 4.92. The second kappa shape index (κ2) is 8.30. The fourth-order valence-corrected chi connectivity index (χ4v) is 3.10. The SMILES string of the molecule is CC/N=C(/c1ccc(N(C)C)cc1)C(C)(Cc1ccccc1)N(C)C. The molecule has 0 radical (unpaired) electrons. The number of rotatable bonds is 7. The van der Waals surface area contributed by atoms with Gasteiger partial charge in [0.1, 0.15) is 0 Å². The van der Waals surface area contributed by atoms with Crippen LogP contribution in [0.4, 0.5) is 5.69 Å². The summed E-state index contributed by atoms with van der Waals surface area (Å²) in [6, 6.07) is 19.4. The molecule has 2 aromatic rings. The van der Waals surface area contributed by atoms with Gasteiger partial charge in [0.05, 0.1) is 11.3 Å². The summed E-state index contributed by atoms with van der Waals surface area (Å²) < 4.78 is 0. The molecule has 1 unspecified atom stereocenters. The van der Waals surface area contributed by atoms with Crippen LogP contribution in [0.2, 0.25) is 0 Å². The zero-order chi connectivity index (χ0) is 18.4. The molecule has 0 aliphatic rings. The molecule has 0 heterocycles. The Labute approximate surface area is 153 Å². The Bertz CT molecular complexity index is 687. The maximum Gasteiger partial charge on any atom is 0.0642 e. The van der Waals surface area contributed by atoms with Gasteiger partial charge < -0.3 is 4.90 Å². The maximum atomic E-state index is 4.92. The molecule has 3 nitrogen and oxygen atoms in total. The highest BCUT2D eigenvalue weighted by molar-refractivity contribution is 6.07. The van der Waals surface area contributed by atoms with Crippen molar-refractivity contribution >= 4 is 11.4 Å². The van der Waals surface area contributed by atoms with Gasteiger partial charge in [-0.05, 0) is 57.6 Å². The summed E-state index contributed by atoms with van der Waals surface area (Å²) >= 11 is 0. The van der Waals surface area contributed by atoms with Gasteiger partial charge in [0, 0.05) is 26.3 Å². The number of nitrogens with zero attached hydrogens (tertiary/aromatic N) is 3. The van der Waals surface area contributed by atoms with Crippen LogP contribution in [0.1, 0.15) is 25.0 Å². The molecule has 0 N–H and O–H groups in total. The number of aliphatic imine (C=N–C) groups is 1. The molecule has 2 rings (SSSR count). The molecule has 0 saturated carbocycles. The highest BCUT2D eigenvalue weighted by Crippen LogP contribution is 2.26. The minimum Gasteiger partial charge on any atom is -0.378 e. The average Bonchev–Trinajstić information content (AvgIpc) is 2.60. The van der Waals surface area contributed by atoms with Crippen LogP contribution in [0, 0.1) is 0 Å². The zero-order valence-electron chi connectivity index (χ0n) is 16.5. The second-order valence-electron chi connectivity index (χ2n) is 7.09. The first kappa shape index (κ1) is 19.2. The van der Waals surface area contributed by atoms with E-state index in [0.29, 0.717) is 0 Å². The van der Waals surface area contributed by atoms with E-state index in [4.69, 9.17) is 4.99 Å². The van der Waals surface area contributed by atoms with E-state index in [-0.39, 0.29) is 5.54 Å². The van der Waals surface area contributed by atoms with Gasteiger partial charge >= 0.3 is 0 Å². The molecule has 0 spiro atoms. The first-order valence-corrected chi connectivity index (χ1v) is 8.92. The van der Waals surface area contributed by atoms with Crippen molar-refractivity contribution < 1.29 is 0 Å². The predicted octanol–water partition coefficient (Wildman–Crippen LogP) is 4.12. The van der Waals surface area contributed by atoms with Crippen LogP contribution in [0.25, 0.3) is 0 Å². The molecule has 0 fully saturated rings. The molecular formula is C22H31N3. The lowest BCUT2D eigenvalue weighted by atomic mass is 9.83. The predicted molar refractivity (Wildman–Crippen MR) is 110 cm³/mol. The third-order valence-corrected chi connectivity index (χ3v) is 4.86. The van der Waals surface area contributed by atoms with E-state index >= 15 is 0 Å². The molecule has 0 aliphatic heterocycles. The van der Waals surface area contributed by atoms with Crippen molar-refractivity contribution in [1.82, 2.24) is 4.90 Å². The van der Waals surface area contributed by atoms with E-state index in [1.165, 1.54) is 16.8 Å². The average molecular weight is 338 g/mol. The van der Waals surface area contributed by atoms with Crippen molar-refractivity contribution in [2.24, 2.45) is 4.99 Å². The fraction of sp³-hybridized carbons (Fsp3) is 0.409. The summed E-state index contributed by atoms with van der Waals surface area (Å²) in [5.74, 6) is 0. The molecule has 1 atom stereocenters. The number of anilines is 1. The second-order valence-corrected chi connectivity index (χ2v) is 7.09. The highest BCUT2D eigenvalue weighted by Gasteiger charge is 2.34. The van der Waals surface area contributed by atoms with Crippen molar-refractivity contribution in [3.05, 3.63) is 65.7 Å². The summed E-state index contributed by atoms with van der Waals surface area (Å²) in [4.78, 5) is 9.33. The number of benzene rings is 2. The molecule has 0 aromatic heterocycles. The van der Waals surface area contributed by atoms with E-state index in [0.717, 1.165) is 18.7 Å². The molecule has 0 bridgehead atoms. The lowest BCUT2D eigenvalue weighted by Gasteiger charge is -2.38. The first-order chi connectivity index (χ1) is 11.9. The van der Waals surface area contributed by atoms with Gasteiger partial charge in [0.2, 0.25) is 0 Å². The van der Waals surface area contributed by atoms with E-state index < -0.39 is 0 Å². The Kier molecular flexibility index (Phi) is 6.38. The number of hydrogen-bond acceptors (Lipinski definition) is 3. The van der Waals surface area contributed by atoms with Gasteiger partial charge in [-0.15, -0.1) is 0 Å². The van der Waals surface area contributed by atoms with E-state index in [9.17, 15) is 0 Å². The van der Waals surface area contributed by atoms with Crippen LogP contribution in [0.3, 0.4) is 0 Å².